The van der Waals surface area contributed by atoms with Crippen LogP contribution in [-0.2, 0) is 6.54 Å². The maximum atomic E-state index is 15.3. The van der Waals surface area contributed by atoms with Crippen molar-refractivity contribution in [2.45, 2.75) is 74.7 Å². The Bertz CT molecular complexity index is 1450. The molecule has 3 aromatic rings. The van der Waals surface area contributed by atoms with Crippen molar-refractivity contribution in [2.75, 3.05) is 43.9 Å². The molecule has 2 aliphatic heterocycles. The Morgan fingerprint density at radius 3 is 2.55 bits per heavy atom. The monoisotopic (exact) mass is 557 g/mol. The van der Waals surface area contributed by atoms with Gasteiger partial charge in [-0.3, -0.25) is 14.8 Å². The zero-order chi connectivity index (χ0) is 27.9. The average molecular weight is 558 g/mol. The Morgan fingerprint density at radius 2 is 1.88 bits per heavy atom. The molecular formula is C27H34F3N9O. The number of likely N-dealkylation sites (tertiary alicyclic amines) is 1. The second kappa shape index (κ2) is 8.82. The van der Waals surface area contributed by atoms with E-state index in [0.29, 0.717) is 42.4 Å². The van der Waals surface area contributed by atoms with E-state index in [1.807, 2.05) is 6.07 Å². The van der Waals surface area contributed by atoms with Crippen LogP contribution in [0, 0.1) is 0 Å². The molecule has 0 atom stereocenters. The Hall–Kier alpha value is -3.35. The smallest absolute Gasteiger partial charge is 0.322 e. The van der Waals surface area contributed by atoms with E-state index >= 15 is 4.39 Å². The van der Waals surface area contributed by atoms with Crippen LogP contribution in [0.2, 0.25) is 0 Å². The van der Waals surface area contributed by atoms with Gasteiger partial charge < -0.3 is 20.0 Å². The zero-order valence-corrected chi connectivity index (χ0v) is 22.8. The highest BCUT2D eigenvalue weighted by atomic mass is 19.3. The van der Waals surface area contributed by atoms with Crippen LogP contribution in [0.15, 0.2) is 18.5 Å². The van der Waals surface area contributed by atoms with Gasteiger partial charge in [-0.15, -0.1) is 0 Å². The molecule has 7 rings (SSSR count). The minimum absolute atomic E-state index is 0.162. The average Bonchev–Trinajstić information content (AvgIpc) is 3.36. The molecule has 5 heterocycles. The molecule has 0 unspecified atom stereocenters. The quantitative estimate of drug-likeness (QED) is 0.470. The van der Waals surface area contributed by atoms with E-state index in [0.717, 1.165) is 49.1 Å². The number of pyridine rings is 1. The Labute approximate surface area is 229 Å². The van der Waals surface area contributed by atoms with E-state index in [9.17, 15) is 13.6 Å². The number of amides is 2. The number of anilines is 2. The largest absolute Gasteiger partial charge is 0.351 e. The van der Waals surface area contributed by atoms with Crippen LogP contribution in [0.5, 0.6) is 0 Å². The van der Waals surface area contributed by atoms with Gasteiger partial charge in [-0.2, -0.15) is 10.2 Å². The number of aromatic amines is 1. The van der Waals surface area contributed by atoms with Crippen molar-refractivity contribution >= 4 is 28.4 Å². The third kappa shape index (κ3) is 4.29. The third-order valence-electron chi connectivity index (χ3n) is 9.32. The van der Waals surface area contributed by atoms with E-state index in [2.05, 4.69) is 44.4 Å². The van der Waals surface area contributed by atoms with Crippen LogP contribution < -0.4 is 10.2 Å². The Balaban J connectivity index is 1.19. The highest BCUT2D eigenvalue weighted by Crippen LogP contribution is 2.51. The second-order valence-corrected chi connectivity index (χ2v) is 12.4. The number of carbonyl (C=O) groups excluding carboxylic acids is 1. The molecule has 4 aliphatic rings. The molecule has 214 valence electrons. The summed E-state index contributed by atoms with van der Waals surface area (Å²) in [6.07, 6.45) is 6.67. The Morgan fingerprint density at radius 1 is 1.12 bits per heavy atom. The van der Waals surface area contributed by atoms with Gasteiger partial charge in [0.05, 0.1) is 41.6 Å². The van der Waals surface area contributed by atoms with Crippen molar-refractivity contribution in [2.24, 2.45) is 0 Å². The molecule has 4 fully saturated rings. The van der Waals surface area contributed by atoms with Gasteiger partial charge in [0.2, 0.25) is 0 Å². The summed E-state index contributed by atoms with van der Waals surface area (Å²) in [5.41, 5.74) is 0.301. The molecule has 3 aromatic heterocycles. The Kier molecular flexibility index (Phi) is 5.65. The molecule has 0 bridgehead atoms. The van der Waals surface area contributed by atoms with Crippen LogP contribution >= 0.6 is 0 Å². The van der Waals surface area contributed by atoms with Crippen LogP contribution in [0.25, 0.3) is 22.3 Å². The highest BCUT2D eigenvalue weighted by Gasteiger charge is 2.57. The minimum Gasteiger partial charge on any atom is -0.351 e. The predicted octanol–water partition coefficient (Wildman–Crippen LogP) is 4.26. The number of halogens is 3. The second-order valence-electron chi connectivity index (χ2n) is 12.4. The number of piperidine rings is 1. The summed E-state index contributed by atoms with van der Waals surface area (Å²) < 4.78 is 45.4. The normalized spacial score (nSPS) is 22.9. The summed E-state index contributed by atoms with van der Waals surface area (Å²) in [5.74, 6) is -2.11. The van der Waals surface area contributed by atoms with E-state index in [1.165, 1.54) is 11.1 Å². The first-order valence-electron chi connectivity index (χ1n) is 14.0. The lowest BCUT2D eigenvalue weighted by atomic mass is 9.82. The van der Waals surface area contributed by atoms with Gasteiger partial charge >= 0.3 is 6.03 Å². The lowest BCUT2D eigenvalue weighted by Gasteiger charge is -2.43. The number of nitrogens with zero attached hydrogens (tertiary/aromatic N) is 7. The summed E-state index contributed by atoms with van der Waals surface area (Å²) in [7, 11) is 4.11. The number of nitrogens with one attached hydrogen (secondary N) is 2. The predicted molar refractivity (Wildman–Crippen MR) is 144 cm³/mol. The van der Waals surface area contributed by atoms with Crippen LogP contribution in [0.1, 0.15) is 44.9 Å². The van der Waals surface area contributed by atoms with Gasteiger partial charge in [-0.1, -0.05) is 0 Å². The van der Waals surface area contributed by atoms with E-state index in [-0.39, 0.29) is 13.0 Å². The molecule has 0 aromatic carbocycles. The molecular weight excluding hydrogens is 523 g/mol. The van der Waals surface area contributed by atoms with E-state index in [4.69, 9.17) is 5.10 Å². The number of hydrogen-bond donors (Lipinski definition) is 2. The number of alkyl halides is 3. The molecule has 2 N–H and O–H groups in total. The van der Waals surface area contributed by atoms with Crippen molar-refractivity contribution in [3.8, 4) is 11.4 Å². The zero-order valence-electron chi connectivity index (χ0n) is 22.8. The number of aromatic nitrogens is 5. The molecule has 2 amide bonds. The van der Waals surface area contributed by atoms with E-state index < -0.39 is 29.7 Å². The van der Waals surface area contributed by atoms with Crippen LogP contribution in [0.4, 0.5) is 29.5 Å². The van der Waals surface area contributed by atoms with Gasteiger partial charge in [0, 0.05) is 37.3 Å². The fourth-order valence-corrected chi connectivity index (χ4v) is 6.22. The molecule has 2 saturated carbocycles. The molecule has 40 heavy (non-hydrogen) atoms. The lowest BCUT2D eigenvalue weighted by molar-refractivity contribution is -0.0721. The first-order valence-corrected chi connectivity index (χ1v) is 14.0. The first-order chi connectivity index (χ1) is 19.0. The lowest BCUT2D eigenvalue weighted by Crippen LogP contribution is -2.57. The van der Waals surface area contributed by atoms with Crippen molar-refractivity contribution in [1.82, 2.24) is 34.8 Å². The number of rotatable bonds is 6. The highest BCUT2D eigenvalue weighted by molar-refractivity contribution is 5.96. The molecule has 10 nitrogen and oxygen atoms in total. The maximum Gasteiger partial charge on any atom is 0.322 e. The standard InChI is InChI=1S/C27H34F3N9O/c1-36(2)17-13-37(14-17)23-18-11-31-19(10-21(18)39(35-23)15-25(28)4-3-5-25)22-20(12-32-34-22)33-24(40)38-16-27(29,30)9-8-26(38)6-7-26/h10-12,17H,3-9,13-16H2,1-2H3,(H,32,34)(H,33,40). The SMILES string of the molecule is CN(C)C1CN(c2nn(CC3(F)CCC3)c3cc(-c4[nH]ncc4NC(=O)N4CC(F)(F)CCC45CC5)ncc23)C1. The molecule has 2 aliphatic carbocycles. The number of fused-ring (bicyclic) bond motifs is 1. The number of urea groups is 1. The molecule has 1 spiro atoms. The third-order valence-corrected chi connectivity index (χ3v) is 9.32. The first kappa shape index (κ1) is 25.6. The number of likely N-dealkylation sites (N-methyl/N-ethyl adjacent to an activating group) is 1. The van der Waals surface area contributed by atoms with Gasteiger partial charge in [-0.25, -0.2) is 18.0 Å². The fourth-order valence-electron chi connectivity index (χ4n) is 6.22. The molecule has 0 radical (unpaired) electrons. The summed E-state index contributed by atoms with van der Waals surface area (Å²) in [6, 6.07) is 1.69. The maximum absolute atomic E-state index is 15.3. The van der Waals surface area contributed by atoms with Crippen molar-refractivity contribution in [1.29, 1.82) is 0 Å². The fraction of sp³-hybridized carbons (Fsp3) is 0.630. The molecule has 2 saturated heterocycles. The summed E-state index contributed by atoms with van der Waals surface area (Å²) >= 11 is 0. The van der Waals surface area contributed by atoms with Crippen LogP contribution in [0.3, 0.4) is 0 Å². The van der Waals surface area contributed by atoms with Crippen molar-refractivity contribution in [3.63, 3.8) is 0 Å². The van der Waals surface area contributed by atoms with E-state index in [1.54, 1.807) is 10.9 Å². The van der Waals surface area contributed by atoms with Crippen molar-refractivity contribution < 1.29 is 18.0 Å². The van der Waals surface area contributed by atoms with Gasteiger partial charge in [0.15, 0.2) is 5.82 Å². The summed E-state index contributed by atoms with van der Waals surface area (Å²) in [5, 5.41) is 15.5. The summed E-state index contributed by atoms with van der Waals surface area (Å²) in [6.45, 7) is 1.23. The van der Waals surface area contributed by atoms with Gasteiger partial charge in [0.1, 0.15) is 11.4 Å². The number of carbonyl (C=O) groups is 1. The van der Waals surface area contributed by atoms with Crippen molar-refractivity contribution in [3.05, 3.63) is 18.5 Å². The topological polar surface area (TPSA) is 98.2 Å². The van der Waals surface area contributed by atoms with Gasteiger partial charge in [0.25, 0.3) is 5.92 Å². The van der Waals surface area contributed by atoms with Crippen LogP contribution in [-0.4, -0.2) is 97.7 Å². The number of hydrogen-bond acceptors (Lipinski definition) is 6. The summed E-state index contributed by atoms with van der Waals surface area (Å²) in [4.78, 5) is 23.5. The van der Waals surface area contributed by atoms with Gasteiger partial charge in [-0.05, 0) is 58.7 Å². The number of H-pyrrole nitrogens is 1. The molecule has 13 heteroatoms. The minimum atomic E-state index is -2.90.